The fourth-order valence-corrected chi connectivity index (χ4v) is 7.32. The molecule has 0 aromatic carbocycles. The normalized spacial score (nSPS) is 45.3. The third-order valence-corrected chi connectivity index (χ3v) is 8.98. The van der Waals surface area contributed by atoms with Crippen LogP contribution in [-0.4, -0.2) is 34.8 Å². The van der Waals surface area contributed by atoms with E-state index in [0.717, 1.165) is 6.08 Å². The van der Waals surface area contributed by atoms with Gasteiger partial charge in [0.2, 0.25) is 5.76 Å². The highest BCUT2D eigenvalue weighted by molar-refractivity contribution is 6.00. The van der Waals surface area contributed by atoms with Crippen LogP contribution < -0.4 is 0 Å². The Morgan fingerprint density at radius 3 is 2.66 bits per heavy atom. The molecule has 3 saturated carbocycles. The Kier molecular flexibility index (Phi) is 4.54. The molecule has 4 aliphatic rings. The molecule has 0 radical (unpaired) electrons. The summed E-state index contributed by atoms with van der Waals surface area (Å²) in [4.78, 5) is 25.6. The number of esters is 1. The average Bonchev–Trinajstić information content (AvgIpc) is 3.35. The fourth-order valence-electron chi connectivity index (χ4n) is 7.32. The Balaban J connectivity index is 1.50. The molecule has 1 heterocycles. The molecular weight excluding hydrogens is 418 g/mol. The number of carbonyl (C=O) groups is 2. The molecule has 5 rings (SSSR count). The topological polar surface area (TPSA) is 76.7 Å². The molecular formula is C25H28F2O5. The summed E-state index contributed by atoms with van der Waals surface area (Å²) in [6.07, 6.45) is 2.67. The first-order valence-corrected chi connectivity index (χ1v) is 11.3. The van der Waals surface area contributed by atoms with E-state index in [1.54, 1.807) is 6.07 Å². The number of ketones is 1. The van der Waals surface area contributed by atoms with Crippen LogP contribution in [0.1, 0.15) is 57.0 Å². The van der Waals surface area contributed by atoms with Crippen LogP contribution in [0.5, 0.6) is 0 Å². The van der Waals surface area contributed by atoms with Crippen molar-refractivity contribution in [1.82, 2.24) is 0 Å². The van der Waals surface area contributed by atoms with Gasteiger partial charge in [0.1, 0.15) is 23.7 Å². The summed E-state index contributed by atoms with van der Waals surface area (Å²) in [7, 11) is 0. The van der Waals surface area contributed by atoms with Crippen molar-refractivity contribution in [3.8, 4) is 0 Å². The molecule has 1 aromatic rings. The van der Waals surface area contributed by atoms with Gasteiger partial charge in [0.25, 0.3) is 0 Å². The van der Waals surface area contributed by atoms with Gasteiger partial charge in [-0.3, -0.25) is 4.79 Å². The highest BCUT2D eigenvalue weighted by atomic mass is 19.1. The van der Waals surface area contributed by atoms with Gasteiger partial charge in [-0.25, -0.2) is 13.6 Å². The molecule has 0 unspecified atom stereocenters. The first-order chi connectivity index (χ1) is 15.0. The van der Waals surface area contributed by atoms with Crippen molar-refractivity contribution in [2.45, 2.75) is 64.4 Å². The number of fused-ring (bicyclic) bond motifs is 5. The van der Waals surface area contributed by atoms with Crippen LogP contribution in [0.4, 0.5) is 8.78 Å². The summed E-state index contributed by atoms with van der Waals surface area (Å²) in [5, 5.41) is 9.87. The van der Waals surface area contributed by atoms with Crippen LogP contribution >= 0.6 is 0 Å². The molecule has 1 aromatic heterocycles. The summed E-state index contributed by atoms with van der Waals surface area (Å²) in [6, 6.07) is 3.15. The van der Waals surface area contributed by atoms with Crippen LogP contribution in [0.25, 0.3) is 0 Å². The van der Waals surface area contributed by atoms with Crippen molar-refractivity contribution in [2.75, 3.05) is 0 Å². The number of aliphatic hydroxyl groups is 1. The molecule has 4 aliphatic carbocycles. The Hall–Kier alpha value is -2.44. The number of carbonyl (C=O) groups excluding carboxylic acids is 2. The molecule has 32 heavy (non-hydrogen) atoms. The van der Waals surface area contributed by atoms with Crippen molar-refractivity contribution >= 4 is 11.8 Å². The van der Waals surface area contributed by atoms with Crippen molar-refractivity contribution in [3.63, 3.8) is 0 Å². The van der Waals surface area contributed by atoms with Gasteiger partial charge in [0, 0.05) is 17.4 Å². The van der Waals surface area contributed by atoms with E-state index in [9.17, 15) is 14.7 Å². The van der Waals surface area contributed by atoms with Crippen molar-refractivity contribution < 1.29 is 32.6 Å². The van der Waals surface area contributed by atoms with Gasteiger partial charge in [-0.2, -0.15) is 0 Å². The third-order valence-electron chi connectivity index (χ3n) is 8.98. The first kappa shape index (κ1) is 21.4. The van der Waals surface area contributed by atoms with Gasteiger partial charge in [-0.1, -0.05) is 13.8 Å². The molecule has 0 aliphatic heterocycles. The van der Waals surface area contributed by atoms with E-state index < -0.39 is 46.4 Å². The van der Waals surface area contributed by atoms with Gasteiger partial charge in [-0.05, 0) is 68.2 Å². The molecule has 0 saturated heterocycles. The lowest BCUT2D eigenvalue weighted by atomic mass is 9.45. The summed E-state index contributed by atoms with van der Waals surface area (Å²) in [5.41, 5.74) is -4.07. The van der Waals surface area contributed by atoms with Crippen LogP contribution in [-0.2, 0) is 9.53 Å². The number of hydrogen-bond acceptors (Lipinski definition) is 5. The predicted molar refractivity (Wildman–Crippen MR) is 111 cm³/mol. The molecule has 3 fully saturated rings. The lowest BCUT2D eigenvalue weighted by Gasteiger charge is -2.60. The van der Waals surface area contributed by atoms with E-state index >= 15 is 8.78 Å². The maximum absolute atomic E-state index is 17.0. The smallest absolute Gasteiger partial charge is 0.374 e. The van der Waals surface area contributed by atoms with Gasteiger partial charge in [0.15, 0.2) is 5.78 Å². The number of ether oxygens (including phenoxy) is 1. The van der Waals surface area contributed by atoms with Crippen LogP contribution in [0.3, 0.4) is 0 Å². The number of furan rings is 1. The van der Waals surface area contributed by atoms with Crippen LogP contribution in [0, 0.1) is 28.6 Å². The number of hydrogen-bond donors (Lipinski definition) is 1. The molecule has 0 bridgehead atoms. The largest absolute Gasteiger partial charge is 0.508 e. The second-order valence-electron chi connectivity index (χ2n) is 10.5. The molecule has 8 atom stereocenters. The molecule has 0 spiro atoms. The van der Waals surface area contributed by atoms with E-state index in [1.807, 2.05) is 13.8 Å². The zero-order chi connectivity index (χ0) is 23.1. The molecule has 0 amide bonds. The second kappa shape index (κ2) is 6.78. The lowest BCUT2D eigenvalue weighted by molar-refractivity contribution is -0.169. The van der Waals surface area contributed by atoms with Gasteiger partial charge >= 0.3 is 5.97 Å². The maximum atomic E-state index is 17.0. The Morgan fingerprint density at radius 1 is 1.22 bits per heavy atom. The van der Waals surface area contributed by atoms with E-state index in [4.69, 9.17) is 9.15 Å². The van der Waals surface area contributed by atoms with Crippen molar-refractivity contribution in [2.24, 2.45) is 28.6 Å². The monoisotopic (exact) mass is 446 g/mol. The third kappa shape index (κ3) is 2.59. The number of halogens is 2. The average molecular weight is 446 g/mol. The minimum atomic E-state index is -1.93. The maximum Gasteiger partial charge on any atom is 0.374 e. The molecule has 172 valence electrons. The predicted octanol–water partition coefficient (Wildman–Crippen LogP) is 5.28. The Morgan fingerprint density at radius 2 is 1.97 bits per heavy atom. The van der Waals surface area contributed by atoms with Gasteiger partial charge in [-0.15, -0.1) is 0 Å². The zero-order valence-corrected chi connectivity index (χ0v) is 18.4. The SMILES string of the molecule is C[C@@H]1C[C@H]2[C@@H]3C[C@H](F)C4=CC(O)=CC(=O)[C@]4(C)[C@@]3(F)CC[C@]2(C)[C@@H]1OC(=O)c1ccco1. The zero-order valence-electron chi connectivity index (χ0n) is 18.4. The standard InChI is InChI=1S/C25H28F2O5/c1-13-9-15-16-12-18(26)17-10-14(28)11-20(29)24(17,3)25(16,27)7-6-23(15,2)21(13)32-22(30)19-5-4-8-31-19/h4-5,8,10-11,13,15-16,18,21,28H,6-7,9,12H2,1-3H3/t13-,15+,16+,18+,21-,23+,24-,25-/m1/s1. The minimum Gasteiger partial charge on any atom is -0.508 e. The Bertz CT molecular complexity index is 1030. The number of alkyl halides is 2. The van der Waals surface area contributed by atoms with Gasteiger partial charge < -0.3 is 14.3 Å². The van der Waals surface area contributed by atoms with Crippen LogP contribution in [0.15, 0.2) is 46.3 Å². The van der Waals surface area contributed by atoms with E-state index in [-0.39, 0.29) is 41.8 Å². The summed E-state index contributed by atoms with van der Waals surface area (Å²) in [6.45, 7) is 5.45. The van der Waals surface area contributed by atoms with Crippen molar-refractivity contribution in [1.29, 1.82) is 0 Å². The summed E-state index contributed by atoms with van der Waals surface area (Å²) >= 11 is 0. The quantitative estimate of drug-likeness (QED) is 0.625. The number of allylic oxidation sites excluding steroid dienone is 3. The molecule has 7 heteroatoms. The lowest BCUT2D eigenvalue weighted by Crippen LogP contribution is -2.65. The first-order valence-electron chi connectivity index (χ1n) is 11.3. The van der Waals surface area contributed by atoms with Crippen molar-refractivity contribution in [3.05, 3.63) is 47.6 Å². The fraction of sp³-hybridized carbons (Fsp3) is 0.600. The number of aliphatic hydroxyl groups excluding tert-OH is 1. The molecule has 1 N–H and O–H groups in total. The van der Waals surface area contributed by atoms with Crippen LogP contribution in [0.2, 0.25) is 0 Å². The summed E-state index contributed by atoms with van der Waals surface area (Å²) in [5.74, 6) is -2.33. The Labute approximate surface area is 185 Å². The highest BCUT2D eigenvalue weighted by Crippen LogP contribution is 2.69. The summed E-state index contributed by atoms with van der Waals surface area (Å²) < 4.78 is 43.4. The van der Waals surface area contributed by atoms with E-state index in [1.165, 1.54) is 25.3 Å². The highest BCUT2D eigenvalue weighted by Gasteiger charge is 2.72. The minimum absolute atomic E-state index is 0.0386. The number of rotatable bonds is 2. The molecule has 5 nitrogen and oxygen atoms in total. The second-order valence-corrected chi connectivity index (χ2v) is 10.5. The van der Waals surface area contributed by atoms with E-state index in [2.05, 4.69) is 0 Å². The van der Waals surface area contributed by atoms with E-state index in [0.29, 0.717) is 12.8 Å². The van der Waals surface area contributed by atoms with Gasteiger partial charge in [0.05, 0.1) is 11.7 Å².